The van der Waals surface area contributed by atoms with Crippen LogP contribution in [-0.4, -0.2) is 22.8 Å². The summed E-state index contributed by atoms with van der Waals surface area (Å²) in [6, 6.07) is 10.1. The minimum Gasteiger partial charge on any atom is -0.481 e. The summed E-state index contributed by atoms with van der Waals surface area (Å²) in [5, 5.41) is 13.9. The summed E-state index contributed by atoms with van der Waals surface area (Å²) < 4.78 is 5.09. The van der Waals surface area contributed by atoms with E-state index in [4.69, 9.17) is 4.74 Å². The molecule has 118 valence electrons. The van der Waals surface area contributed by atoms with Crippen molar-refractivity contribution in [3.05, 3.63) is 47.8 Å². The first-order valence-corrected chi connectivity index (χ1v) is 8.53. The maximum atomic E-state index is 9.52. The van der Waals surface area contributed by atoms with Gasteiger partial charge >= 0.3 is 0 Å². The van der Waals surface area contributed by atoms with Gasteiger partial charge in [0.1, 0.15) is 6.07 Å². The number of aryl methyl sites for hydroxylation is 1. The third-order valence-corrected chi connectivity index (χ3v) is 5.15. The van der Waals surface area contributed by atoms with Crippen LogP contribution in [0.25, 0.3) is 10.9 Å². The molecule has 0 aliphatic carbocycles. The molecule has 0 amide bonds. The second-order valence-corrected chi connectivity index (χ2v) is 6.54. The van der Waals surface area contributed by atoms with Crippen LogP contribution in [0.2, 0.25) is 0 Å². The van der Waals surface area contributed by atoms with Crippen LogP contribution < -0.4 is 10.1 Å². The Morgan fingerprint density at radius 3 is 2.88 bits per heavy atom. The van der Waals surface area contributed by atoms with E-state index in [1.54, 1.807) is 25.6 Å². The van der Waals surface area contributed by atoms with E-state index in [9.17, 15) is 5.26 Å². The first-order valence-electron chi connectivity index (χ1n) is 7.54. The van der Waals surface area contributed by atoms with Crippen molar-refractivity contribution < 1.29 is 4.74 Å². The first kappa shape index (κ1) is 14.8. The average Bonchev–Trinajstić information content (AvgIpc) is 3.11. The third-order valence-electron chi connectivity index (χ3n) is 4.04. The molecule has 1 aromatic carbocycles. The Hall–Kier alpha value is -2.78. The number of nitrogens with one attached hydrogen (secondary N) is 1. The van der Waals surface area contributed by atoms with Gasteiger partial charge in [0.25, 0.3) is 0 Å². The van der Waals surface area contributed by atoms with Crippen LogP contribution in [0.1, 0.15) is 11.1 Å². The maximum Gasteiger partial charge on any atom is 0.213 e. The fraction of sp³-hybridized carbons (Fsp3) is 0.167. The van der Waals surface area contributed by atoms with Crippen molar-refractivity contribution in [3.63, 3.8) is 0 Å². The van der Waals surface area contributed by atoms with Crippen molar-refractivity contribution >= 4 is 34.0 Å². The number of nitrogens with zero attached hydrogens (tertiary/aromatic N) is 3. The molecule has 0 atom stereocenters. The molecule has 0 saturated carbocycles. The van der Waals surface area contributed by atoms with E-state index in [1.807, 2.05) is 23.9 Å². The van der Waals surface area contributed by atoms with Crippen LogP contribution >= 0.6 is 11.8 Å². The Balaban J connectivity index is 1.89. The van der Waals surface area contributed by atoms with Crippen LogP contribution in [0.3, 0.4) is 0 Å². The molecule has 1 N–H and O–H groups in total. The highest BCUT2D eigenvalue weighted by Crippen LogP contribution is 2.40. The average molecular weight is 334 g/mol. The number of benzene rings is 1. The molecule has 0 fully saturated rings. The first-order chi connectivity index (χ1) is 11.8. The number of pyridine rings is 2. The second kappa shape index (κ2) is 6.02. The Kier molecular flexibility index (Phi) is 3.71. The van der Waals surface area contributed by atoms with E-state index in [-0.39, 0.29) is 0 Å². The topological polar surface area (TPSA) is 70.8 Å². The zero-order valence-corrected chi connectivity index (χ0v) is 13.9. The zero-order chi connectivity index (χ0) is 16.5. The molecule has 4 rings (SSSR count). The predicted octanol–water partition coefficient (Wildman–Crippen LogP) is 3.90. The minimum atomic E-state index is 0.531. The minimum absolute atomic E-state index is 0.531. The van der Waals surface area contributed by atoms with Gasteiger partial charge in [-0.3, -0.25) is 4.98 Å². The lowest BCUT2D eigenvalue weighted by molar-refractivity contribution is 0.398. The van der Waals surface area contributed by atoms with Gasteiger partial charge in [-0.15, -0.1) is 11.8 Å². The summed E-state index contributed by atoms with van der Waals surface area (Å²) in [6.45, 7) is 0. The Morgan fingerprint density at radius 2 is 2.12 bits per heavy atom. The smallest absolute Gasteiger partial charge is 0.213 e. The maximum absolute atomic E-state index is 9.52. The van der Waals surface area contributed by atoms with Crippen molar-refractivity contribution in [2.45, 2.75) is 11.3 Å². The van der Waals surface area contributed by atoms with Gasteiger partial charge < -0.3 is 10.1 Å². The number of aromatic nitrogens is 2. The molecule has 1 aliphatic heterocycles. The standard InChI is InChI=1S/C18H14N4OS/c1-23-16-5-2-12(10-21-16)22-18-11(8-19)9-20-14-3-4-15-13(17(14)18)6-7-24-15/h2-5,9-10H,6-7H2,1H3,(H,20,22). The molecule has 0 saturated heterocycles. The number of rotatable bonds is 3. The van der Waals surface area contributed by atoms with Crippen molar-refractivity contribution in [1.29, 1.82) is 5.26 Å². The molecule has 0 bridgehead atoms. The molecular weight excluding hydrogens is 320 g/mol. The molecule has 1 aliphatic rings. The molecule has 24 heavy (non-hydrogen) atoms. The largest absolute Gasteiger partial charge is 0.481 e. The molecular formula is C18H14N4OS. The van der Waals surface area contributed by atoms with Crippen molar-refractivity contribution in [2.75, 3.05) is 18.2 Å². The lowest BCUT2D eigenvalue weighted by Crippen LogP contribution is -2.00. The summed E-state index contributed by atoms with van der Waals surface area (Å²) in [5.74, 6) is 1.62. The van der Waals surface area contributed by atoms with Crippen LogP contribution in [0.15, 0.2) is 41.6 Å². The quantitative estimate of drug-likeness (QED) is 0.783. The summed E-state index contributed by atoms with van der Waals surface area (Å²) in [4.78, 5) is 9.94. The van der Waals surface area contributed by atoms with Crippen molar-refractivity contribution in [1.82, 2.24) is 9.97 Å². The highest BCUT2D eigenvalue weighted by atomic mass is 32.2. The highest BCUT2D eigenvalue weighted by molar-refractivity contribution is 7.99. The number of anilines is 2. The molecule has 0 unspecified atom stereocenters. The van der Waals surface area contributed by atoms with E-state index in [2.05, 4.69) is 27.4 Å². The van der Waals surface area contributed by atoms with Crippen LogP contribution in [-0.2, 0) is 6.42 Å². The second-order valence-electron chi connectivity index (χ2n) is 5.41. The number of thioether (sulfide) groups is 1. The van der Waals surface area contributed by atoms with E-state index in [1.165, 1.54) is 10.5 Å². The molecule has 6 heteroatoms. The normalized spacial score (nSPS) is 12.7. The summed E-state index contributed by atoms with van der Waals surface area (Å²) in [7, 11) is 1.58. The molecule has 3 heterocycles. The van der Waals surface area contributed by atoms with Gasteiger partial charge in [-0.2, -0.15) is 5.26 Å². The fourth-order valence-electron chi connectivity index (χ4n) is 2.92. The van der Waals surface area contributed by atoms with E-state index in [0.717, 1.165) is 34.5 Å². The van der Waals surface area contributed by atoms with Gasteiger partial charge in [-0.25, -0.2) is 4.98 Å². The number of methoxy groups -OCH3 is 1. The van der Waals surface area contributed by atoms with Gasteiger partial charge in [0.15, 0.2) is 0 Å². The molecule has 2 aromatic heterocycles. The fourth-order valence-corrected chi connectivity index (χ4v) is 3.99. The van der Waals surface area contributed by atoms with E-state index in [0.29, 0.717) is 11.4 Å². The number of ether oxygens (including phenoxy) is 1. The SMILES string of the molecule is COc1ccc(Nc2c(C#N)cnc3ccc4c(c23)CCS4)cn1. The Morgan fingerprint density at radius 1 is 1.21 bits per heavy atom. The Labute approximate surface area is 143 Å². The van der Waals surface area contributed by atoms with Crippen LogP contribution in [0, 0.1) is 11.3 Å². The van der Waals surface area contributed by atoms with Crippen molar-refractivity contribution in [2.24, 2.45) is 0 Å². The summed E-state index contributed by atoms with van der Waals surface area (Å²) >= 11 is 1.85. The molecule has 5 nitrogen and oxygen atoms in total. The van der Waals surface area contributed by atoms with Gasteiger partial charge in [-0.1, -0.05) is 0 Å². The third kappa shape index (κ3) is 2.43. The van der Waals surface area contributed by atoms with E-state index >= 15 is 0 Å². The van der Waals surface area contributed by atoms with Gasteiger partial charge in [0.2, 0.25) is 5.88 Å². The number of hydrogen-bond donors (Lipinski definition) is 1. The van der Waals surface area contributed by atoms with E-state index < -0.39 is 0 Å². The highest BCUT2D eigenvalue weighted by Gasteiger charge is 2.19. The number of hydrogen-bond acceptors (Lipinski definition) is 6. The lowest BCUT2D eigenvalue weighted by atomic mass is 10.0. The van der Waals surface area contributed by atoms with Crippen LogP contribution in [0.4, 0.5) is 11.4 Å². The lowest BCUT2D eigenvalue weighted by Gasteiger charge is -2.14. The Bertz CT molecular complexity index is 963. The zero-order valence-electron chi connectivity index (χ0n) is 13.0. The van der Waals surface area contributed by atoms with Crippen LogP contribution in [0.5, 0.6) is 5.88 Å². The predicted molar refractivity (Wildman–Crippen MR) is 95.0 cm³/mol. The van der Waals surface area contributed by atoms with Crippen molar-refractivity contribution in [3.8, 4) is 11.9 Å². The molecule has 3 aromatic rings. The summed E-state index contributed by atoms with van der Waals surface area (Å²) in [6.07, 6.45) is 4.31. The number of nitriles is 1. The number of fused-ring (bicyclic) bond motifs is 3. The molecule has 0 radical (unpaired) electrons. The monoisotopic (exact) mass is 334 g/mol. The van der Waals surface area contributed by atoms with Gasteiger partial charge in [0.05, 0.1) is 35.8 Å². The molecule has 0 spiro atoms. The van der Waals surface area contributed by atoms with Gasteiger partial charge in [-0.05, 0) is 30.2 Å². The summed E-state index contributed by atoms with van der Waals surface area (Å²) in [5.41, 5.74) is 4.31. The van der Waals surface area contributed by atoms with Gasteiger partial charge in [0, 0.05) is 28.3 Å².